The van der Waals surface area contributed by atoms with E-state index in [9.17, 15) is 9.18 Å². The lowest BCUT2D eigenvalue weighted by molar-refractivity contribution is 0.103. The Morgan fingerprint density at radius 2 is 2.12 bits per heavy atom. The van der Waals surface area contributed by atoms with Crippen LogP contribution in [-0.4, -0.2) is 10.8 Å². The second-order valence-electron chi connectivity index (χ2n) is 3.29. The Kier molecular flexibility index (Phi) is 3.54. The summed E-state index contributed by atoms with van der Waals surface area (Å²) in [6.45, 7) is 0. The van der Waals surface area contributed by atoms with Gasteiger partial charge in [-0.2, -0.15) is 0 Å². The summed E-state index contributed by atoms with van der Waals surface area (Å²) >= 11 is 8.82. The fourth-order valence-corrected chi connectivity index (χ4v) is 1.95. The minimum Gasteiger partial charge on any atom is -0.287 e. The molecule has 0 radical (unpaired) electrons. The fraction of sp³-hybridized carbons (Fsp3) is 0. The molecule has 0 spiro atoms. The van der Waals surface area contributed by atoms with Crippen molar-refractivity contribution in [3.8, 4) is 0 Å². The molecule has 0 saturated carbocycles. The van der Waals surface area contributed by atoms with Crippen molar-refractivity contribution in [1.29, 1.82) is 0 Å². The predicted octanol–water partition coefficient (Wildman–Crippen LogP) is 3.87. The average molecular weight is 315 g/mol. The third kappa shape index (κ3) is 2.53. The molecular weight excluding hydrogens is 308 g/mol. The van der Waals surface area contributed by atoms with Crippen LogP contribution < -0.4 is 0 Å². The third-order valence-electron chi connectivity index (χ3n) is 2.15. The molecular formula is C12H6BrClFNO. The van der Waals surface area contributed by atoms with Crippen molar-refractivity contribution in [2.24, 2.45) is 0 Å². The number of benzene rings is 1. The van der Waals surface area contributed by atoms with Crippen molar-refractivity contribution >= 4 is 33.3 Å². The standard InChI is InChI=1S/C12H6BrClFNO/c13-9-2-1-5-16-11(9)12(17)8-4-3-7(14)6-10(8)15/h1-6H. The van der Waals surface area contributed by atoms with Crippen LogP contribution in [0.4, 0.5) is 4.39 Å². The molecule has 0 atom stereocenters. The van der Waals surface area contributed by atoms with Crippen LogP contribution in [0.2, 0.25) is 5.02 Å². The van der Waals surface area contributed by atoms with E-state index in [4.69, 9.17) is 11.6 Å². The minimum atomic E-state index is -0.653. The lowest BCUT2D eigenvalue weighted by Crippen LogP contribution is -2.07. The summed E-state index contributed by atoms with van der Waals surface area (Å²) in [4.78, 5) is 15.9. The molecule has 1 heterocycles. The van der Waals surface area contributed by atoms with Crippen LogP contribution in [0.1, 0.15) is 16.1 Å². The Hall–Kier alpha value is -1.26. The molecule has 0 unspecified atom stereocenters. The van der Waals surface area contributed by atoms with Gasteiger partial charge in [0.05, 0.1) is 5.56 Å². The number of pyridine rings is 1. The van der Waals surface area contributed by atoms with Gasteiger partial charge in [0.15, 0.2) is 0 Å². The summed E-state index contributed by atoms with van der Waals surface area (Å²) in [5, 5.41) is 0.249. The summed E-state index contributed by atoms with van der Waals surface area (Å²) in [5.41, 5.74) is 0.127. The number of halogens is 3. The molecule has 0 bridgehead atoms. The van der Waals surface area contributed by atoms with E-state index in [1.807, 2.05) is 0 Å². The van der Waals surface area contributed by atoms with Gasteiger partial charge in [0.1, 0.15) is 11.5 Å². The van der Waals surface area contributed by atoms with Crippen LogP contribution in [0.25, 0.3) is 0 Å². The zero-order valence-corrected chi connectivity index (χ0v) is 10.8. The second-order valence-corrected chi connectivity index (χ2v) is 4.58. The summed E-state index contributed by atoms with van der Waals surface area (Å²) in [7, 11) is 0. The molecule has 0 fully saturated rings. The Labute approximate surface area is 111 Å². The number of rotatable bonds is 2. The molecule has 0 saturated heterocycles. The number of nitrogens with zero attached hydrogens (tertiary/aromatic N) is 1. The molecule has 2 aromatic rings. The van der Waals surface area contributed by atoms with E-state index in [1.54, 1.807) is 12.1 Å². The first-order chi connectivity index (χ1) is 8.09. The molecule has 5 heteroatoms. The van der Waals surface area contributed by atoms with Crippen LogP contribution in [0.15, 0.2) is 41.0 Å². The molecule has 0 aliphatic carbocycles. The molecule has 1 aromatic heterocycles. The molecule has 0 aliphatic rings. The largest absolute Gasteiger partial charge is 0.287 e. The molecule has 2 rings (SSSR count). The molecule has 17 heavy (non-hydrogen) atoms. The van der Waals surface area contributed by atoms with Crippen LogP contribution in [-0.2, 0) is 0 Å². The number of ketones is 1. The van der Waals surface area contributed by atoms with E-state index < -0.39 is 11.6 Å². The zero-order chi connectivity index (χ0) is 12.4. The summed E-state index contributed by atoms with van der Waals surface area (Å²) in [6.07, 6.45) is 1.48. The number of carbonyl (C=O) groups is 1. The van der Waals surface area contributed by atoms with Gasteiger partial charge in [-0.3, -0.25) is 9.78 Å². The Morgan fingerprint density at radius 1 is 1.35 bits per heavy atom. The maximum absolute atomic E-state index is 13.6. The van der Waals surface area contributed by atoms with Gasteiger partial charge in [0, 0.05) is 15.7 Å². The molecule has 86 valence electrons. The Balaban J connectivity index is 2.48. The molecule has 0 aliphatic heterocycles. The van der Waals surface area contributed by atoms with Gasteiger partial charge < -0.3 is 0 Å². The maximum Gasteiger partial charge on any atom is 0.215 e. The number of aromatic nitrogens is 1. The Morgan fingerprint density at radius 3 is 2.76 bits per heavy atom. The van der Waals surface area contributed by atoms with Gasteiger partial charge in [-0.05, 0) is 46.3 Å². The topological polar surface area (TPSA) is 30.0 Å². The molecule has 0 amide bonds. The number of hydrogen-bond donors (Lipinski definition) is 0. The number of carbonyl (C=O) groups excluding carboxylic acids is 1. The van der Waals surface area contributed by atoms with E-state index in [1.165, 1.54) is 18.3 Å². The third-order valence-corrected chi connectivity index (χ3v) is 3.02. The van der Waals surface area contributed by atoms with Gasteiger partial charge in [0.25, 0.3) is 0 Å². The first-order valence-electron chi connectivity index (χ1n) is 4.70. The highest BCUT2D eigenvalue weighted by Crippen LogP contribution is 2.21. The van der Waals surface area contributed by atoms with Gasteiger partial charge in [-0.15, -0.1) is 0 Å². The second kappa shape index (κ2) is 4.94. The first-order valence-corrected chi connectivity index (χ1v) is 5.87. The summed E-state index contributed by atoms with van der Waals surface area (Å²) in [5.74, 6) is -1.13. The highest BCUT2D eigenvalue weighted by Gasteiger charge is 2.17. The molecule has 2 nitrogen and oxygen atoms in total. The molecule has 0 N–H and O–H groups in total. The first kappa shape index (κ1) is 12.2. The quantitative estimate of drug-likeness (QED) is 0.788. The van der Waals surface area contributed by atoms with Crippen LogP contribution >= 0.6 is 27.5 Å². The zero-order valence-electron chi connectivity index (χ0n) is 8.45. The highest BCUT2D eigenvalue weighted by molar-refractivity contribution is 9.10. The summed E-state index contributed by atoms with van der Waals surface area (Å²) < 4.78 is 14.1. The van der Waals surface area contributed by atoms with Crippen molar-refractivity contribution < 1.29 is 9.18 Å². The van der Waals surface area contributed by atoms with E-state index >= 15 is 0 Å². The fourth-order valence-electron chi connectivity index (χ4n) is 1.35. The van der Waals surface area contributed by atoms with Crippen molar-refractivity contribution in [3.05, 3.63) is 63.1 Å². The van der Waals surface area contributed by atoms with Crippen molar-refractivity contribution in [2.45, 2.75) is 0 Å². The van der Waals surface area contributed by atoms with Gasteiger partial charge in [0.2, 0.25) is 5.78 Å². The van der Waals surface area contributed by atoms with E-state index in [0.717, 1.165) is 6.07 Å². The van der Waals surface area contributed by atoms with Gasteiger partial charge in [-0.25, -0.2) is 4.39 Å². The van der Waals surface area contributed by atoms with Crippen LogP contribution in [0, 0.1) is 5.82 Å². The Bertz CT molecular complexity index is 588. The average Bonchev–Trinajstić information content (AvgIpc) is 2.29. The lowest BCUT2D eigenvalue weighted by Gasteiger charge is -2.04. The van der Waals surface area contributed by atoms with Crippen molar-refractivity contribution in [2.75, 3.05) is 0 Å². The van der Waals surface area contributed by atoms with E-state index in [2.05, 4.69) is 20.9 Å². The highest BCUT2D eigenvalue weighted by atomic mass is 79.9. The molecule has 1 aromatic carbocycles. The minimum absolute atomic E-state index is 0.0474. The van der Waals surface area contributed by atoms with Crippen molar-refractivity contribution in [3.63, 3.8) is 0 Å². The van der Waals surface area contributed by atoms with Gasteiger partial charge in [-0.1, -0.05) is 11.6 Å². The maximum atomic E-state index is 13.6. The van der Waals surface area contributed by atoms with Crippen molar-refractivity contribution in [1.82, 2.24) is 4.98 Å². The van der Waals surface area contributed by atoms with E-state index in [-0.39, 0.29) is 16.3 Å². The van der Waals surface area contributed by atoms with Crippen LogP contribution in [0.5, 0.6) is 0 Å². The SMILES string of the molecule is O=C(c1ccc(Cl)cc1F)c1ncccc1Br. The van der Waals surface area contributed by atoms with Crippen LogP contribution in [0.3, 0.4) is 0 Å². The predicted molar refractivity (Wildman–Crippen MR) is 66.8 cm³/mol. The smallest absolute Gasteiger partial charge is 0.215 e. The normalized spacial score (nSPS) is 10.3. The summed E-state index contributed by atoms with van der Waals surface area (Å²) in [6, 6.07) is 7.27. The lowest BCUT2D eigenvalue weighted by atomic mass is 10.1. The van der Waals surface area contributed by atoms with Gasteiger partial charge >= 0.3 is 0 Å². The number of hydrogen-bond acceptors (Lipinski definition) is 2. The van der Waals surface area contributed by atoms with E-state index in [0.29, 0.717) is 4.47 Å². The monoisotopic (exact) mass is 313 g/mol.